The summed E-state index contributed by atoms with van der Waals surface area (Å²) in [6.45, 7) is 1.43. The first-order valence-electron chi connectivity index (χ1n) is 10.6. The lowest BCUT2D eigenvalue weighted by Gasteiger charge is -2.11. The van der Waals surface area contributed by atoms with Gasteiger partial charge in [-0.1, -0.05) is 0 Å². The predicted molar refractivity (Wildman–Crippen MR) is 141 cm³/mol. The molecule has 11 heteroatoms. The van der Waals surface area contributed by atoms with Crippen molar-refractivity contribution in [2.24, 2.45) is 7.05 Å². The Morgan fingerprint density at radius 2 is 2.06 bits per heavy atom. The van der Waals surface area contributed by atoms with Crippen molar-refractivity contribution in [2.75, 3.05) is 10.6 Å². The largest absolute Gasteiger partial charge is 0.456 e. The molecule has 174 valence electrons. The number of hydrogen-bond donors (Lipinski definition) is 2. The van der Waals surface area contributed by atoms with Gasteiger partial charge < -0.3 is 19.9 Å². The van der Waals surface area contributed by atoms with E-state index in [1.807, 2.05) is 24.4 Å². The first-order valence-corrected chi connectivity index (χ1v) is 14.0. The van der Waals surface area contributed by atoms with E-state index in [2.05, 4.69) is 41.9 Å². The number of anilines is 3. The van der Waals surface area contributed by atoms with Crippen molar-refractivity contribution >= 4 is 58.9 Å². The molecule has 1 aliphatic rings. The van der Waals surface area contributed by atoms with E-state index in [-0.39, 0.29) is 11.5 Å². The molecule has 1 fully saturated rings. The molecular weight excluding hydrogens is 567 g/mol. The molecule has 5 rings (SSSR count). The summed E-state index contributed by atoms with van der Waals surface area (Å²) in [6.07, 6.45) is 7.62. The van der Waals surface area contributed by atoms with Gasteiger partial charge in [0, 0.05) is 72.0 Å². The maximum atomic E-state index is 12.7. The van der Waals surface area contributed by atoms with Crippen LogP contribution >= 0.6 is 30.1 Å². The number of hydrogen-bond acceptors (Lipinski definition) is 7. The normalized spacial score (nSPS) is 13.1. The Hall–Kier alpha value is -3.06. The van der Waals surface area contributed by atoms with Crippen LogP contribution in [0.2, 0.25) is 0 Å². The lowest BCUT2D eigenvalue weighted by atomic mass is 10.2. The van der Waals surface area contributed by atoms with Crippen molar-refractivity contribution in [3.8, 4) is 11.5 Å². The zero-order chi connectivity index (χ0) is 23.8. The number of aryl methyl sites for hydroxylation is 1. The maximum Gasteiger partial charge on any atom is 0.274 e. The maximum absolute atomic E-state index is 12.7. The number of halogens is 1. The van der Waals surface area contributed by atoms with E-state index in [1.54, 1.807) is 40.7 Å². The van der Waals surface area contributed by atoms with Gasteiger partial charge in [-0.3, -0.25) is 9.59 Å². The fourth-order valence-electron chi connectivity index (χ4n) is 3.69. The van der Waals surface area contributed by atoms with Crippen LogP contribution in [0.15, 0.2) is 58.6 Å². The number of nitrogens with zero attached hydrogens (tertiary/aromatic N) is 4. The van der Waals surface area contributed by atoms with E-state index < -0.39 is 0 Å². The number of carbonyl (C=O) groups is 1. The number of amides is 1. The Bertz CT molecular complexity index is 1460. The van der Waals surface area contributed by atoms with Crippen LogP contribution in [-0.2, 0) is 11.8 Å². The lowest BCUT2D eigenvalue weighted by Crippen LogP contribution is -2.20. The Kier molecular flexibility index (Phi) is 6.21. The molecule has 9 nitrogen and oxygen atoms in total. The zero-order valence-corrected chi connectivity index (χ0v) is 21.4. The van der Waals surface area contributed by atoms with Gasteiger partial charge >= 0.3 is 0 Å². The summed E-state index contributed by atoms with van der Waals surface area (Å²) in [5, 5.41) is 10.5. The number of aromatic nitrogens is 4. The van der Waals surface area contributed by atoms with Crippen molar-refractivity contribution < 1.29 is 9.53 Å². The van der Waals surface area contributed by atoms with Crippen LogP contribution in [0.1, 0.15) is 31.2 Å². The Balaban J connectivity index is 1.46. The van der Waals surface area contributed by atoms with Crippen LogP contribution < -0.4 is 20.9 Å². The van der Waals surface area contributed by atoms with Gasteiger partial charge in [-0.2, -0.15) is 5.10 Å². The molecule has 0 atom stereocenters. The highest BCUT2D eigenvalue weighted by Crippen LogP contribution is 2.41. The van der Waals surface area contributed by atoms with E-state index in [4.69, 9.17) is 4.74 Å². The molecular formula is C23H21IN6O3S. The highest BCUT2D eigenvalue weighted by Gasteiger charge is 2.25. The third kappa shape index (κ3) is 4.75. The highest BCUT2D eigenvalue weighted by molar-refractivity contribution is 14.2. The van der Waals surface area contributed by atoms with Crippen LogP contribution in [0.25, 0.3) is 5.52 Å². The molecule has 0 aromatic carbocycles. The van der Waals surface area contributed by atoms with E-state index in [0.29, 0.717) is 34.7 Å². The second kappa shape index (κ2) is 9.29. The average Bonchev–Trinajstić information content (AvgIpc) is 3.56. The van der Waals surface area contributed by atoms with E-state index in [1.165, 1.54) is 21.4 Å². The Morgan fingerprint density at radius 1 is 1.24 bits per heavy atom. The van der Waals surface area contributed by atoms with Gasteiger partial charge in [-0.15, -0.1) is 0 Å². The van der Waals surface area contributed by atoms with Gasteiger partial charge in [0.2, 0.25) is 5.91 Å². The van der Waals surface area contributed by atoms with Gasteiger partial charge in [-0.25, -0.2) is 9.50 Å². The highest BCUT2D eigenvalue weighted by atomic mass is 127. The molecule has 0 aliphatic heterocycles. The number of fused-ring (bicyclic) bond motifs is 1. The molecule has 1 saturated carbocycles. The van der Waals surface area contributed by atoms with E-state index in [0.717, 1.165) is 23.3 Å². The molecule has 0 radical (unpaired) electrons. The first-order chi connectivity index (χ1) is 16.4. The van der Waals surface area contributed by atoms with Crippen LogP contribution in [0.5, 0.6) is 11.5 Å². The Morgan fingerprint density at radius 3 is 2.79 bits per heavy atom. The van der Waals surface area contributed by atoms with Crippen LogP contribution in [0.4, 0.5) is 17.3 Å². The van der Waals surface area contributed by atoms with Gasteiger partial charge in [0.15, 0.2) is 5.82 Å². The number of nitrogens with one attached hydrogen (secondary N) is 2. The zero-order valence-electron chi connectivity index (χ0n) is 18.4. The monoisotopic (exact) mass is 588 g/mol. The molecule has 0 spiro atoms. The molecule has 1 amide bonds. The summed E-state index contributed by atoms with van der Waals surface area (Å²) in [4.78, 5) is 29.0. The average molecular weight is 588 g/mol. The minimum Gasteiger partial charge on any atom is -0.456 e. The molecule has 4 heterocycles. The summed E-state index contributed by atoms with van der Waals surface area (Å²) in [5.74, 6) is 2.52. The van der Waals surface area contributed by atoms with E-state index >= 15 is 0 Å². The third-order valence-electron chi connectivity index (χ3n) is 5.42. The number of ether oxygens (including phenoxy) is 1. The van der Waals surface area contributed by atoms with Gasteiger partial charge in [-0.05, 0) is 45.4 Å². The van der Waals surface area contributed by atoms with E-state index in [9.17, 15) is 9.59 Å². The molecule has 1 aliphatic carbocycles. The second-order valence-electron chi connectivity index (χ2n) is 8.11. The predicted octanol–water partition coefficient (Wildman–Crippen LogP) is 5.24. The summed E-state index contributed by atoms with van der Waals surface area (Å²) < 4.78 is 9.48. The summed E-state index contributed by atoms with van der Waals surface area (Å²) in [5.41, 5.74) is 2.42. The summed E-state index contributed by atoms with van der Waals surface area (Å²) in [6, 6.07) is 9.05. The van der Waals surface area contributed by atoms with Crippen molar-refractivity contribution in [1.29, 1.82) is 0 Å². The SMILES string of the molecule is CC(=O)Nc1cc(Oc2ccn3nc(Nc4cc(C5CC5)cn(C)c4=O)cc3c2SI)ccn1. The van der Waals surface area contributed by atoms with Crippen LogP contribution in [0, 0.1) is 0 Å². The number of rotatable bonds is 7. The molecule has 4 aromatic rings. The fourth-order valence-corrected chi connectivity index (χ4v) is 5.44. The van der Waals surface area contributed by atoms with Gasteiger partial charge in [0.1, 0.15) is 23.0 Å². The topological polar surface area (TPSA) is 103 Å². The summed E-state index contributed by atoms with van der Waals surface area (Å²) in [7, 11) is 3.28. The number of pyridine rings is 3. The molecule has 0 bridgehead atoms. The third-order valence-corrected chi connectivity index (χ3v) is 7.30. The molecule has 4 aromatic heterocycles. The van der Waals surface area contributed by atoms with Crippen LogP contribution in [0.3, 0.4) is 0 Å². The van der Waals surface area contributed by atoms with Crippen molar-refractivity contribution in [3.05, 3.63) is 64.8 Å². The minimum absolute atomic E-state index is 0.0957. The van der Waals surface area contributed by atoms with Crippen molar-refractivity contribution in [2.45, 2.75) is 30.6 Å². The Labute approximate surface area is 211 Å². The van der Waals surface area contributed by atoms with Crippen LogP contribution in [-0.4, -0.2) is 25.1 Å². The second-order valence-corrected chi connectivity index (χ2v) is 9.99. The standard InChI is InChI=1S/C23H21IN6O3S/c1-13(31)26-20-10-16(5-7-25-20)33-19-6-8-30-18(22(19)34-24)11-21(28-30)27-17-9-15(14-3-4-14)12-29(2)23(17)32/h5-12,14H,3-4H2,1-2H3,(H,27,28)(H,25,26,31). The lowest BCUT2D eigenvalue weighted by molar-refractivity contribution is -0.114. The first kappa shape index (κ1) is 22.7. The summed E-state index contributed by atoms with van der Waals surface area (Å²) >= 11 is 2.21. The number of carbonyl (C=O) groups excluding carboxylic acids is 1. The smallest absolute Gasteiger partial charge is 0.274 e. The minimum atomic E-state index is -0.202. The molecule has 0 saturated heterocycles. The molecule has 2 N–H and O–H groups in total. The quantitative estimate of drug-likeness (QED) is 0.285. The molecule has 34 heavy (non-hydrogen) atoms. The fraction of sp³-hybridized carbons (Fsp3) is 0.217. The molecule has 0 unspecified atom stereocenters. The van der Waals surface area contributed by atoms with Gasteiger partial charge in [0.05, 0.1) is 10.4 Å². The van der Waals surface area contributed by atoms with Crippen molar-refractivity contribution in [3.63, 3.8) is 0 Å². The van der Waals surface area contributed by atoms with Gasteiger partial charge in [0.25, 0.3) is 5.56 Å². The van der Waals surface area contributed by atoms with Crippen molar-refractivity contribution in [1.82, 2.24) is 19.2 Å².